The topological polar surface area (TPSA) is 23.9 Å². The Balaban J connectivity index is 2.57. The SMILES string of the molecule is N=C1Cc2cccc(Cl)c2C1. The molecule has 0 heterocycles. The Labute approximate surface area is 70.5 Å². The van der Waals surface area contributed by atoms with Gasteiger partial charge in [-0.25, -0.2) is 0 Å². The molecule has 1 aliphatic rings. The number of hydrogen-bond donors (Lipinski definition) is 1. The molecule has 0 amide bonds. The summed E-state index contributed by atoms with van der Waals surface area (Å²) < 4.78 is 0. The first-order chi connectivity index (χ1) is 5.27. The number of rotatable bonds is 0. The normalized spacial score (nSPS) is 15.2. The minimum atomic E-state index is 0.745. The van der Waals surface area contributed by atoms with Crippen LogP contribution in [0.5, 0.6) is 0 Å². The van der Waals surface area contributed by atoms with Crippen molar-refractivity contribution >= 4 is 17.3 Å². The van der Waals surface area contributed by atoms with Crippen LogP contribution in [0.3, 0.4) is 0 Å². The molecule has 2 heteroatoms. The van der Waals surface area contributed by atoms with Crippen LogP contribution in [0.4, 0.5) is 0 Å². The van der Waals surface area contributed by atoms with Gasteiger partial charge in [-0.1, -0.05) is 23.7 Å². The Bertz CT molecular complexity index is 317. The van der Waals surface area contributed by atoms with Crippen molar-refractivity contribution in [2.24, 2.45) is 0 Å². The molecule has 0 fully saturated rings. The average Bonchev–Trinajstić information content (AvgIpc) is 2.31. The van der Waals surface area contributed by atoms with Gasteiger partial charge in [-0.2, -0.15) is 0 Å². The number of fused-ring (bicyclic) bond motifs is 1. The van der Waals surface area contributed by atoms with Crippen molar-refractivity contribution in [3.8, 4) is 0 Å². The highest BCUT2D eigenvalue weighted by atomic mass is 35.5. The molecule has 0 aliphatic heterocycles. The predicted octanol–water partition coefficient (Wildman–Crippen LogP) is 2.46. The standard InChI is InChI=1S/C9H8ClN/c10-9-3-1-2-6-4-7(11)5-8(6)9/h1-3,11H,4-5H2. The summed E-state index contributed by atoms with van der Waals surface area (Å²) in [6.07, 6.45) is 1.53. The molecule has 0 saturated carbocycles. The van der Waals surface area contributed by atoms with Gasteiger partial charge >= 0.3 is 0 Å². The van der Waals surface area contributed by atoms with Gasteiger partial charge in [-0.15, -0.1) is 0 Å². The van der Waals surface area contributed by atoms with E-state index in [0.29, 0.717) is 0 Å². The molecule has 1 aromatic rings. The molecule has 11 heavy (non-hydrogen) atoms. The van der Waals surface area contributed by atoms with E-state index in [4.69, 9.17) is 17.0 Å². The molecule has 0 bridgehead atoms. The van der Waals surface area contributed by atoms with Gasteiger partial charge in [-0.05, 0) is 17.2 Å². The molecule has 1 aliphatic carbocycles. The van der Waals surface area contributed by atoms with Gasteiger partial charge in [0.2, 0.25) is 0 Å². The van der Waals surface area contributed by atoms with Gasteiger partial charge in [0.25, 0.3) is 0 Å². The van der Waals surface area contributed by atoms with Crippen LogP contribution in [0.1, 0.15) is 11.1 Å². The molecule has 0 aromatic heterocycles. The van der Waals surface area contributed by atoms with E-state index in [2.05, 4.69) is 0 Å². The summed E-state index contributed by atoms with van der Waals surface area (Å²) in [5.41, 5.74) is 3.15. The van der Waals surface area contributed by atoms with Gasteiger partial charge in [-0.3, -0.25) is 0 Å². The van der Waals surface area contributed by atoms with Gasteiger partial charge in [0.05, 0.1) is 0 Å². The molecular formula is C9H8ClN. The summed E-state index contributed by atoms with van der Waals surface area (Å²) in [7, 11) is 0. The van der Waals surface area contributed by atoms with Crippen LogP contribution in [0.2, 0.25) is 5.02 Å². The van der Waals surface area contributed by atoms with Crippen LogP contribution in [0, 0.1) is 5.41 Å². The Hall–Kier alpha value is -0.820. The van der Waals surface area contributed by atoms with E-state index in [9.17, 15) is 0 Å². The molecule has 2 rings (SSSR count). The van der Waals surface area contributed by atoms with Crippen molar-refractivity contribution in [3.63, 3.8) is 0 Å². The van der Waals surface area contributed by atoms with E-state index >= 15 is 0 Å². The van der Waals surface area contributed by atoms with Gasteiger partial charge in [0.15, 0.2) is 0 Å². The highest BCUT2D eigenvalue weighted by Gasteiger charge is 2.16. The highest BCUT2D eigenvalue weighted by molar-refractivity contribution is 6.31. The lowest BCUT2D eigenvalue weighted by Gasteiger charge is -1.97. The largest absolute Gasteiger partial charge is 0.309 e. The third kappa shape index (κ3) is 1.05. The number of halogens is 1. The fourth-order valence-electron chi connectivity index (χ4n) is 1.47. The van der Waals surface area contributed by atoms with E-state index in [-0.39, 0.29) is 0 Å². The first-order valence-electron chi connectivity index (χ1n) is 3.60. The van der Waals surface area contributed by atoms with E-state index < -0.39 is 0 Å². The molecular weight excluding hydrogens is 158 g/mol. The van der Waals surface area contributed by atoms with Crippen LogP contribution in [-0.4, -0.2) is 5.71 Å². The van der Waals surface area contributed by atoms with Crippen molar-refractivity contribution in [2.75, 3.05) is 0 Å². The molecule has 1 nitrogen and oxygen atoms in total. The predicted molar refractivity (Wildman–Crippen MR) is 46.6 cm³/mol. The molecule has 0 saturated heterocycles. The van der Waals surface area contributed by atoms with Crippen LogP contribution >= 0.6 is 11.6 Å². The van der Waals surface area contributed by atoms with Crippen molar-refractivity contribution in [1.82, 2.24) is 0 Å². The van der Waals surface area contributed by atoms with Crippen molar-refractivity contribution < 1.29 is 0 Å². The summed E-state index contributed by atoms with van der Waals surface area (Å²) in [5, 5.41) is 8.28. The van der Waals surface area contributed by atoms with E-state index in [1.54, 1.807) is 0 Å². The third-order valence-corrected chi connectivity index (χ3v) is 2.36. The Morgan fingerprint density at radius 1 is 1.27 bits per heavy atom. The fraction of sp³-hybridized carbons (Fsp3) is 0.222. The Morgan fingerprint density at radius 3 is 2.82 bits per heavy atom. The maximum atomic E-state index is 7.47. The lowest BCUT2D eigenvalue weighted by atomic mass is 10.1. The number of hydrogen-bond acceptors (Lipinski definition) is 1. The summed E-state index contributed by atoms with van der Waals surface area (Å²) in [5.74, 6) is 0. The molecule has 0 unspecified atom stereocenters. The fourth-order valence-corrected chi connectivity index (χ4v) is 1.73. The summed E-state index contributed by atoms with van der Waals surface area (Å²) in [6.45, 7) is 0. The lowest BCUT2D eigenvalue weighted by Crippen LogP contribution is -1.91. The lowest BCUT2D eigenvalue weighted by molar-refractivity contribution is 1.32. The van der Waals surface area contributed by atoms with Crippen molar-refractivity contribution in [3.05, 3.63) is 34.3 Å². The van der Waals surface area contributed by atoms with Crippen LogP contribution in [-0.2, 0) is 12.8 Å². The van der Waals surface area contributed by atoms with Gasteiger partial charge < -0.3 is 5.41 Å². The smallest absolute Gasteiger partial charge is 0.0444 e. The minimum Gasteiger partial charge on any atom is -0.309 e. The van der Waals surface area contributed by atoms with E-state index in [1.807, 2.05) is 18.2 Å². The second-order valence-electron chi connectivity index (χ2n) is 2.83. The van der Waals surface area contributed by atoms with Gasteiger partial charge in [0, 0.05) is 23.6 Å². The summed E-state index contributed by atoms with van der Waals surface area (Å²) in [4.78, 5) is 0. The maximum absolute atomic E-state index is 7.47. The monoisotopic (exact) mass is 165 g/mol. The van der Waals surface area contributed by atoms with E-state index in [1.165, 1.54) is 5.56 Å². The second kappa shape index (κ2) is 2.35. The first kappa shape index (κ1) is 6.86. The zero-order chi connectivity index (χ0) is 7.84. The van der Waals surface area contributed by atoms with Crippen molar-refractivity contribution in [2.45, 2.75) is 12.8 Å². The van der Waals surface area contributed by atoms with Crippen molar-refractivity contribution in [1.29, 1.82) is 5.41 Å². The molecule has 1 N–H and O–H groups in total. The molecule has 56 valence electrons. The highest BCUT2D eigenvalue weighted by Crippen LogP contribution is 2.26. The van der Waals surface area contributed by atoms with Gasteiger partial charge in [0.1, 0.15) is 0 Å². The Kier molecular flexibility index (Phi) is 1.46. The minimum absolute atomic E-state index is 0.745. The molecule has 0 atom stereocenters. The molecule has 0 radical (unpaired) electrons. The Morgan fingerprint density at radius 2 is 2.09 bits per heavy atom. The van der Waals surface area contributed by atoms with E-state index in [0.717, 1.165) is 29.1 Å². The second-order valence-corrected chi connectivity index (χ2v) is 3.24. The molecule has 1 aromatic carbocycles. The quantitative estimate of drug-likeness (QED) is 0.611. The average molecular weight is 166 g/mol. The number of nitrogens with one attached hydrogen (secondary N) is 1. The third-order valence-electron chi connectivity index (χ3n) is 2.01. The zero-order valence-electron chi connectivity index (χ0n) is 6.02. The summed E-state index contributed by atoms with van der Waals surface area (Å²) >= 11 is 5.94. The number of benzene rings is 1. The van der Waals surface area contributed by atoms with Crippen LogP contribution in [0.25, 0.3) is 0 Å². The van der Waals surface area contributed by atoms with Crippen LogP contribution in [0.15, 0.2) is 18.2 Å². The zero-order valence-corrected chi connectivity index (χ0v) is 6.78. The summed E-state index contributed by atoms with van der Waals surface area (Å²) in [6, 6.07) is 5.88. The maximum Gasteiger partial charge on any atom is 0.0444 e. The molecule has 0 spiro atoms. The van der Waals surface area contributed by atoms with Crippen LogP contribution < -0.4 is 0 Å². The first-order valence-corrected chi connectivity index (χ1v) is 3.98.